The number of aromatic nitrogens is 3. The topological polar surface area (TPSA) is 101 Å². The van der Waals surface area contributed by atoms with E-state index in [9.17, 15) is 9.59 Å². The van der Waals surface area contributed by atoms with Crippen molar-refractivity contribution in [2.75, 3.05) is 45.2 Å². The zero-order valence-electron chi connectivity index (χ0n) is 18.4. The molecule has 2 aromatic heterocycles. The summed E-state index contributed by atoms with van der Waals surface area (Å²) in [7, 11) is 3.83. The number of aromatic amines is 1. The molecule has 0 amide bonds. The molecule has 0 atom stereocenters. The van der Waals surface area contributed by atoms with Crippen LogP contribution in [0.2, 0.25) is 0 Å². The van der Waals surface area contributed by atoms with Crippen LogP contribution < -0.4 is 15.2 Å². The largest absolute Gasteiger partial charge is 0.492 e. The van der Waals surface area contributed by atoms with E-state index in [1.807, 2.05) is 23.9 Å². The van der Waals surface area contributed by atoms with E-state index in [2.05, 4.69) is 15.0 Å². The van der Waals surface area contributed by atoms with E-state index >= 15 is 4.39 Å². The first kappa shape index (κ1) is 21.3. The molecule has 0 saturated carbocycles. The summed E-state index contributed by atoms with van der Waals surface area (Å²) in [5.41, 5.74) is -0.445. The highest BCUT2D eigenvalue weighted by atomic mass is 19.1. The average molecular weight is 453 g/mol. The van der Waals surface area contributed by atoms with Crippen molar-refractivity contribution >= 4 is 23.0 Å². The number of carbonyl (C=O) groups excluding carboxylic acids is 1. The minimum Gasteiger partial charge on any atom is -0.492 e. The van der Waals surface area contributed by atoms with Crippen molar-refractivity contribution in [3.8, 4) is 5.75 Å². The van der Waals surface area contributed by atoms with Crippen LogP contribution in [0.4, 0.5) is 10.3 Å². The second-order valence-corrected chi connectivity index (χ2v) is 8.61. The second-order valence-electron chi connectivity index (χ2n) is 8.61. The molecule has 1 aromatic carbocycles. The van der Waals surface area contributed by atoms with Gasteiger partial charge in [-0.2, -0.15) is 4.98 Å². The Labute approximate surface area is 189 Å². The summed E-state index contributed by atoms with van der Waals surface area (Å²) in [6.07, 6.45) is 2.32. The van der Waals surface area contributed by atoms with Gasteiger partial charge in [0.1, 0.15) is 23.8 Å². The highest BCUT2D eigenvalue weighted by molar-refractivity contribution is 5.95. The minimum absolute atomic E-state index is 0.213. The first-order valence-electron chi connectivity index (χ1n) is 10.8. The van der Waals surface area contributed by atoms with E-state index in [1.165, 1.54) is 6.07 Å². The normalized spacial score (nSPS) is 17.0. The molecular weight excluding hydrogens is 429 g/mol. The third-order valence-corrected chi connectivity index (χ3v) is 6.17. The lowest BCUT2D eigenvalue weighted by Crippen LogP contribution is -2.44. The van der Waals surface area contributed by atoms with Crippen molar-refractivity contribution in [2.24, 2.45) is 0 Å². The van der Waals surface area contributed by atoms with Gasteiger partial charge in [-0.1, -0.05) is 0 Å². The Morgan fingerprint density at radius 1 is 1.27 bits per heavy atom. The standard InChI is InChI=1S/C23H24FN5O4/c1-28(2)10-11-32-14-12-16-18(17(24)13-14)23(33-21(16)31)5-8-29(9-6-23)22-26-19-15(20(30)27-22)4-3-7-25-19/h3-4,7,12-13H,5-6,8-11H2,1-2H3,(H,25,26,27,30). The Hall–Kier alpha value is -3.53. The lowest BCUT2D eigenvalue weighted by atomic mass is 9.83. The molecular formula is C23H24FN5O4. The monoisotopic (exact) mass is 453 g/mol. The van der Waals surface area contributed by atoms with Crippen LogP contribution in [0.5, 0.6) is 5.75 Å². The Morgan fingerprint density at radius 2 is 2.06 bits per heavy atom. The predicted octanol–water partition coefficient (Wildman–Crippen LogP) is 2.06. The van der Waals surface area contributed by atoms with Gasteiger partial charge < -0.3 is 19.3 Å². The van der Waals surface area contributed by atoms with Gasteiger partial charge in [-0.25, -0.2) is 14.2 Å². The van der Waals surface area contributed by atoms with Crippen molar-refractivity contribution in [3.05, 3.63) is 57.8 Å². The number of benzene rings is 1. The number of hydrogen-bond acceptors (Lipinski definition) is 8. The number of ether oxygens (including phenoxy) is 2. The number of nitrogens with zero attached hydrogens (tertiary/aromatic N) is 4. The van der Waals surface area contributed by atoms with Crippen molar-refractivity contribution in [1.82, 2.24) is 19.9 Å². The van der Waals surface area contributed by atoms with Crippen LogP contribution >= 0.6 is 0 Å². The smallest absolute Gasteiger partial charge is 0.339 e. The zero-order chi connectivity index (χ0) is 23.2. The molecule has 0 aliphatic carbocycles. The number of nitrogens with one attached hydrogen (secondary N) is 1. The molecule has 2 aliphatic rings. The zero-order valence-corrected chi connectivity index (χ0v) is 18.4. The van der Waals surface area contributed by atoms with Gasteiger partial charge in [0.05, 0.1) is 10.9 Å². The van der Waals surface area contributed by atoms with E-state index in [-0.39, 0.29) is 16.7 Å². The predicted molar refractivity (Wildman–Crippen MR) is 119 cm³/mol. The number of pyridine rings is 1. The molecule has 1 saturated heterocycles. The molecule has 4 heterocycles. The highest BCUT2D eigenvalue weighted by Gasteiger charge is 2.50. The third kappa shape index (κ3) is 3.80. The molecule has 0 radical (unpaired) electrons. The first-order valence-corrected chi connectivity index (χ1v) is 10.8. The van der Waals surface area contributed by atoms with Crippen LogP contribution in [-0.4, -0.2) is 66.2 Å². The Bertz CT molecular complexity index is 1280. The van der Waals surface area contributed by atoms with Gasteiger partial charge in [-0.05, 0) is 32.3 Å². The van der Waals surface area contributed by atoms with Gasteiger partial charge in [0, 0.05) is 50.3 Å². The fourth-order valence-corrected chi connectivity index (χ4v) is 4.46. The minimum atomic E-state index is -1.04. The molecule has 172 valence electrons. The van der Waals surface area contributed by atoms with Crippen LogP contribution in [0.3, 0.4) is 0 Å². The van der Waals surface area contributed by atoms with E-state index in [0.717, 1.165) is 0 Å². The fraction of sp³-hybridized carbons (Fsp3) is 0.391. The van der Waals surface area contributed by atoms with Gasteiger partial charge in [0.25, 0.3) is 5.56 Å². The Morgan fingerprint density at radius 3 is 2.82 bits per heavy atom. The average Bonchev–Trinajstić information content (AvgIpc) is 3.05. The molecule has 9 nitrogen and oxygen atoms in total. The number of rotatable bonds is 5. The summed E-state index contributed by atoms with van der Waals surface area (Å²) < 4.78 is 26.5. The summed E-state index contributed by atoms with van der Waals surface area (Å²) in [6, 6.07) is 6.23. The molecule has 10 heteroatoms. The van der Waals surface area contributed by atoms with E-state index < -0.39 is 17.4 Å². The number of H-pyrrole nitrogens is 1. The molecule has 2 aliphatic heterocycles. The van der Waals surface area contributed by atoms with Crippen LogP contribution in [0, 0.1) is 5.82 Å². The number of fused-ring (bicyclic) bond motifs is 3. The van der Waals surface area contributed by atoms with Crippen molar-refractivity contribution in [1.29, 1.82) is 0 Å². The molecule has 1 fully saturated rings. The van der Waals surface area contributed by atoms with Gasteiger partial charge in [-0.3, -0.25) is 9.78 Å². The van der Waals surface area contributed by atoms with Crippen molar-refractivity contribution in [2.45, 2.75) is 18.4 Å². The van der Waals surface area contributed by atoms with E-state index in [0.29, 0.717) is 61.8 Å². The summed E-state index contributed by atoms with van der Waals surface area (Å²) in [5, 5.41) is 0.416. The Kier molecular flexibility index (Phi) is 5.24. The lowest BCUT2D eigenvalue weighted by Gasteiger charge is -2.38. The SMILES string of the molecule is CN(C)CCOc1cc(F)c2c(c1)C(=O)OC21CCN(c2nc3ncccc3c(=O)[nH]2)CC1. The number of esters is 1. The number of anilines is 1. The maximum absolute atomic E-state index is 15.2. The molecule has 1 spiro atoms. The molecule has 33 heavy (non-hydrogen) atoms. The highest BCUT2D eigenvalue weighted by Crippen LogP contribution is 2.46. The fourth-order valence-electron chi connectivity index (χ4n) is 4.46. The van der Waals surface area contributed by atoms with Crippen LogP contribution in [0.25, 0.3) is 11.0 Å². The number of hydrogen-bond donors (Lipinski definition) is 1. The van der Waals surface area contributed by atoms with Crippen molar-refractivity contribution in [3.63, 3.8) is 0 Å². The quantitative estimate of drug-likeness (QED) is 0.586. The summed E-state index contributed by atoms with van der Waals surface area (Å²) in [4.78, 5) is 40.3. The third-order valence-electron chi connectivity index (χ3n) is 6.17. The van der Waals surface area contributed by atoms with E-state index in [4.69, 9.17) is 9.47 Å². The molecule has 0 bridgehead atoms. The van der Waals surface area contributed by atoms with E-state index in [1.54, 1.807) is 24.4 Å². The molecule has 5 rings (SSSR count). The maximum atomic E-state index is 15.2. The van der Waals surface area contributed by atoms with Crippen LogP contribution in [0.1, 0.15) is 28.8 Å². The summed E-state index contributed by atoms with van der Waals surface area (Å²) in [5.74, 6) is -0.342. The number of carbonyl (C=O) groups is 1. The van der Waals surface area contributed by atoms with Gasteiger partial charge in [-0.15, -0.1) is 0 Å². The summed E-state index contributed by atoms with van der Waals surface area (Å²) >= 11 is 0. The lowest BCUT2D eigenvalue weighted by molar-refractivity contribution is -0.0225. The van der Waals surface area contributed by atoms with Crippen LogP contribution in [0.15, 0.2) is 35.3 Å². The second kappa shape index (κ2) is 8.11. The first-order chi connectivity index (χ1) is 15.9. The number of likely N-dealkylation sites (N-methyl/N-ethyl adjacent to an activating group) is 1. The molecule has 1 N–H and O–H groups in total. The molecule has 3 aromatic rings. The number of piperidine rings is 1. The maximum Gasteiger partial charge on any atom is 0.339 e. The van der Waals surface area contributed by atoms with Gasteiger partial charge in [0.2, 0.25) is 5.95 Å². The van der Waals surface area contributed by atoms with Crippen LogP contribution in [-0.2, 0) is 10.3 Å². The summed E-state index contributed by atoms with van der Waals surface area (Å²) in [6.45, 7) is 1.90. The molecule has 0 unspecified atom stereocenters. The number of halogens is 1. The van der Waals surface area contributed by atoms with Crippen molar-refractivity contribution < 1.29 is 18.7 Å². The Balaban J connectivity index is 1.38. The van der Waals surface area contributed by atoms with Gasteiger partial charge >= 0.3 is 5.97 Å². The van der Waals surface area contributed by atoms with Gasteiger partial charge in [0.15, 0.2) is 5.65 Å².